The molecule has 6 heteroatoms. The predicted octanol–water partition coefficient (Wildman–Crippen LogP) is 5.65. The van der Waals surface area contributed by atoms with Gasteiger partial charge in [0.05, 0.1) is 11.1 Å². The van der Waals surface area contributed by atoms with E-state index >= 15 is 0 Å². The average Bonchev–Trinajstić information content (AvgIpc) is 2.46. The van der Waals surface area contributed by atoms with E-state index < -0.39 is 11.7 Å². The first kappa shape index (κ1) is 14.7. The molecule has 0 bridgehead atoms. The van der Waals surface area contributed by atoms with Crippen LogP contribution in [-0.4, -0.2) is 4.98 Å². The van der Waals surface area contributed by atoms with Gasteiger partial charge in [0.1, 0.15) is 0 Å². The van der Waals surface area contributed by atoms with E-state index in [1.54, 1.807) is 36.4 Å². The van der Waals surface area contributed by atoms with Crippen LogP contribution in [0.1, 0.15) is 5.56 Å². The molecule has 1 aromatic heterocycles. The Balaban J connectivity index is 2.12. The summed E-state index contributed by atoms with van der Waals surface area (Å²) in [5.74, 6) is 0. The molecule has 0 fully saturated rings. The normalized spacial score (nSPS) is 11.6. The maximum absolute atomic E-state index is 13.1. The van der Waals surface area contributed by atoms with E-state index in [0.29, 0.717) is 21.8 Å². The van der Waals surface area contributed by atoms with E-state index in [4.69, 9.17) is 11.6 Å². The van der Waals surface area contributed by atoms with Gasteiger partial charge >= 0.3 is 6.18 Å². The first-order valence-corrected chi connectivity index (χ1v) is 6.80. The van der Waals surface area contributed by atoms with Crippen LogP contribution in [0, 0.1) is 0 Å². The Morgan fingerprint density at radius 1 is 1.00 bits per heavy atom. The number of nitrogens with zero attached hydrogens (tertiary/aromatic N) is 1. The number of anilines is 2. The molecule has 0 aliphatic heterocycles. The van der Waals surface area contributed by atoms with Crippen LogP contribution in [0.2, 0.25) is 5.02 Å². The Hall–Kier alpha value is -2.27. The number of nitrogens with one attached hydrogen (secondary N) is 1. The van der Waals surface area contributed by atoms with Crippen LogP contribution in [0.4, 0.5) is 24.5 Å². The molecule has 0 unspecified atom stereocenters. The van der Waals surface area contributed by atoms with Crippen molar-refractivity contribution in [3.63, 3.8) is 0 Å². The number of rotatable bonds is 2. The Labute approximate surface area is 129 Å². The fourth-order valence-electron chi connectivity index (χ4n) is 2.24. The lowest BCUT2D eigenvalue weighted by Gasteiger charge is -2.13. The Morgan fingerprint density at radius 2 is 1.77 bits per heavy atom. The number of aromatic nitrogens is 1. The van der Waals surface area contributed by atoms with Gasteiger partial charge in [-0.1, -0.05) is 29.8 Å². The van der Waals surface area contributed by atoms with E-state index in [1.807, 2.05) is 0 Å². The first-order chi connectivity index (χ1) is 10.4. The van der Waals surface area contributed by atoms with E-state index in [2.05, 4.69) is 10.3 Å². The Bertz CT molecular complexity index is 831. The van der Waals surface area contributed by atoms with Gasteiger partial charge in [0, 0.05) is 28.0 Å². The summed E-state index contributed by atoms with van der Waals surface area (Å²) in [6.45, 7) is 0. The summed E-state index contributed by atoms with van der Waals surface area (Å²) in [4.78, 5) is 3.88. The van der Waals surface area contributed by atoms with Crippen molar-refractivity contribution in [1.82, 2.24) is 4.98 Å². The number of hydrogen-bond acceptors (Lipinski definition) is 2. The lowest BCUT2D eigenvalue weighted by atomic mass is 10.1. The molecule has 0 amide bonds. The maximum Gasteiger partial charge on any atom is 0.418 e. The zero-order valence-corrected chi connectivity index (χ0v) is 11.9. The molecule has 3 rings (SSSR count). The van der Waals surface area contributed by atoms with E-state index in [0.717, 1.165) is 6.07 Å². The Morgan fingerprint density at radius 3 is 2.50 bits per heavy atom. The number of alkyl halides is 3. The molecular formula is C16H10ClF3N2. The monoisotopic (exact) mass is 322 g/mol. The maximum atomic E-state index is 13.1. The van der Waals surface area contributed by atoms with Gasteiger partial charge < -0.3 is 5.32 Å². The minimum Gasteiger partial charge on any atom is -0.355 e. The summed E-state index contributed by atoms with van der Waals surface area (Å²) in [6.07, 6.45) is -3.09. The van der Waals surface area contributed by atoms with Crippen molar-refractivity contribution in [3.8, 4) is 0 Å². The van der Waals surface area contributed by atoms with Gasteiger partial charge in [-0.2, -0.15) is 13.2 Å². The third-order valence-electron chi connectivity index (χ3n) is 3.18. The van der Waals surface area contributed by atoms with Crippen molar-refractivity contribution < 1.29 is 13.2 Å². The largest absolute Gasteiger partial charge is 0.418 e. The average molecular weight is 323 g/mol. The van der Waals surface area contributed by atoms with Crippen molar-refractivity contribution >= 4 is 33.9 Å². The second-order valence-corrected chi connectivity index (χ2v) is 5.13. The molecule has 0 saturated carbocycles. The Kier molecular flexibility index (Phi) is 3.66. The molecule has 3 aromatic rings. The zero-order valence-electron chi connectivity index (χ0n) is 11.2. The lowest BCUT2D eigenvalue weighted by molar-refractivity contribution is -0.136. The van der Waals surface area contributed by atoms with Crippen molar-refractivity contribution in [3.05, 3.63) is 65.3 Å². The van der Waals surface area contributed by atoms with Gasteiger partial charge in [0.25, 0.3) is 0 Å². The highest BCUT2D eigenvalue weighted by molar-refractivity contribution is 6.30. The molecule has 0 atom stereocenters. The van der Waals surface area contributed by atoms with Crippen LogP contribution in [0.15, 0.2) is 54.7 Å². The summed E-state index contributed by atoms with van der Waals surface area (Å²) in [7, 11) is 0. The SMILES string of the molecule is FC(F)(F)c1cccc2c(Nc3cccc(Cl)c3)ccnc12. The fourth-order valence-corrected chi connectivity index (χ4v) is 2.43. The molecule has 112 valence electrons. The zero-order chi connectivity index (χ0) is 15.7. The second kappa shape index (κ2) is 5.50. The van der Waals surface area contributed by atoms with Crippen molar-refractivity contribution in [2.45, 2.75) is 6.18 Å². The lowest BCUT2D eigenvalue weighted by Crippen LogP contribution is -2.06. The standard InChI is InChI=1S/C16H10ClF3N2/c17-10-3-1-4-11(9-10)22-14-7-8-21-15-12(14)5-2-6-13(15)16(18,19)20/h1-9H,(H,21,22). The highest BCUT2D eigenvalue weighted by Crippen LogP contribution is 2.36. The molecule has 2 aromatic carbocycles. The van der Waals surface area contributed by atoms with Gasteiger partial charge in [-0.05, 0) is 30.3 Å². The van der Waals surface area contributed by atoms with Gasteiger partial charge in [0.15, 0.2) is 0 Å². The number of halogens is 4. The van der Waals surface area contributed by atoms with Crippen LogP contribution in [-0.2, 0) is 6.18 Å². The highest BCUT2D eigenvalue weighted by atomic mass is 35.5. The van der Waals surface area contributed by atoms with E-state index in [1.165, 1.54) is 12.3 Å². The number of benzene rings is 2. The van der Waals surface area contributed by atoms with Gasteiger partial charge in [-0.3, -0.25) is 4.98 Å². The summed E-state index contributed by atoms with van der Waals surface area (Å²) in [6, 6.07) is 12.6. The van der Waals surface area contributed by atoms with Gasteiger partial charge in [-0.25, -0.2) is 0 Å². The number of fused-ring (bicyclic) bond motifs is 1. The minimum absolute atomic E-state index is 0.0815. The van der Waals surface area contributed by atoms with Crippen LogP contribution >= 0.6 is 11.6 Å². The van der Waals surface area contributed by atoms with Crippen molar-refractivity contribution in [2.75, 3.05) is 5.32 Å². The number of para-hydroxylation sites is 1. The number of pyridine rings is 1. The van der Waals surface area contributed by atoms with Crippen LogP contribution < -0.4 is 5.32 Å². The molecule has 2 nitrogen and oxygen atoms in total. The molecule has 0 radical (unpaired) electrons. The van der Waals surface area contributed by atoms with Crippen molar-refractivity contribution in [1.29, 1.82) is 0 Å². The summed E-state index contributed by atoms with van der Waals surface area (Å²) in [5, 5.41) is 4.02. The molecule has 0 aliphatic carbocycles. The third-order valence-corrected chi connectivity index (χ3v) is 3.42. The van der Waals surface area contributed by atoms with Crippen LogP contribution in [0.5, 0.6) is 0 Å². The van der Waals surface area contributed by atoms with E-state index in [9.17, 15) is 13.2 Å². The molecule has 0 aliphatic rings. The summed E-state index contributed by atoms with van der Waals surface area (Å²) >= 11 is 5.91. The second-order valence-electron chi connectivity index (χ2n) is 4.69. The van der Waals surface area contributed by atoms with Crippen molar-refractivity contribution in [2.24, 2.45) is 0 Å². The molecule has 22 heavy (non-hydrogen) atoms. The molecule has 0 saturated heterocycles. The first-order valence-electron chi connectivity index (χ1n) is 6.43. The van der Waals surface area contributed by atoms with Crippen LogP contribution in [0.3, 0.4) is 0 Å². The quantitative estimate of drug-likeness (QED) is 0.659. The third kappa shape index (κ3) is 2.85. The molecular weight excluding hydrogens is 313 g/mol. The van der Waals surface area contributed by atoms with Crippen LogP contribution in [0.25, 0.3) is 10.9 Å². The topological polar surface area (TPSA) is 24.9 Å². The highest BCUT2D eigenvalue weighted by Gasteiger charge is 2.33. The summed E-state index contributed by atoms with van der Waals surface area (Å²) < 4.78 is 39.2. The minimum atomic E-state index is -4.44. The molecule has 1 heterocycles. The molecule has 1 N–H and O–H groups in total. The molecule has 0 spiro atoms. The van der Waals surface area contributed by atoms with Gasteiger partial charge in [0.2, 0.25) is 0 Å². The van der Waals surface area contributed by atoms with E-state index in [-0.39, 0.29) is 5.52 Å². The fraction of sp³-hybridized carbons (Fsp3) is 0.0625. The van der Waals surface area contributed by atoms with Gasteiger partial charge in [-0.15, -0.1) is 0 Å². The number of hydrogen-bond donors (Lipinski definition) is 1. The summed E-state index contributed by atoms with van der Waals surface area (Å²) in [5.41, 5.74) is 0.401. The predicted molar refractivity (Wildman–Crippen MR) is 81.5 cm³/mol. The smallest absolute Gasteiger partial charge is 0.355 e.